The number of amides is 5. The lowest BCUT2D eigenvalue weighted by molar-refractivity contribution is -0.144. The number of anilines is 1. The molecule has 0 radical (unpaired) electrons. The van der Waals surface area contributed by atoms with Gasteiger partial charge in [0, 0.05) is 56.5 Å². The number of carbonyl (C=O) groups excluding carboxylic acids is 5. The molecule has 3 aliphatic rings. The molecule has 0 aliphatic carbocycles. The lowest BCUT2D eigenvalue weighted by Gasteiger charge is -2.29. The number of hydrogen-bond acceptors (Lipinski definition) is 7. The molecule has 56 heavy (non-hydrogen) atoms. The SMILES string of the molecule is O=C1CC[C@@H](C(=O)O)NC(=O)[C@@H]2C[C@@H](NC(=O)CC(c3ccccc3)c3ccccc3)CN2C(=O)[C@@H](NC(=O)c2ccc(N3CCCC3)c(Cl)c2)CCCCN1. The zero-order valence-corrected chi connectivity index (χ0v) is 32.0. The average Bonchev–Trinajstić information content (AvgIpc) is 3.89. The maximum Gasteiger partial charge on any atom is 0.326 e. The number of nitrogens with zero attached hydrogens (tertiary/aromatic N) is 2. The van der Waals surface area contributed by atoms with Crippen molar-refractivity contribution in [1.82, 2.24) is 26.2 Å². The molecule has 296 valence electrons. The Morgan fingerprint density at radius 3 is 2.18 bits per heavy atom. The molecular formula is C42H49ClN6O7. The molecule has 3 aliphatic heterocycles. The highest BCUT2D eigenvalue weighted by atomic mass is 35.5. The number of fused-ring (bicyclic) bond motifs is 1. The minimum atomic E-state index is -1.38. The number of hydrogen-bond donors (Lipinski definition) is 5. The fourth-order valence-corrected chi connectivity index (χ4v) is 8.16. The van der Waals surface area contributed by atoms with E-state index in [0.29, 0.717) is 24.4 Å². The second-order valence-electron chi connectivity index (χ2n) is 14.8. The smallest absolute Gasteiger partial charge is 0.326 e. The summed E-state index contributed by atoms with van der Waals surface area (Å²) in [4.78, 5) is 84.1. The van der Waals surface area contributed by atoms with E-state index in [9.17, 15) is 33.9 Å². The minimum Gasteiger partial charge on any atom is -0.480 e. The maximum atomic E-state index is 14.5. The van der Waals surface area contributed by atoms with Crippen molar-refractivity contribution >= 4 is 52.8 Å². The molecule has 3 fully saturated rings. The van der Waals surface area contributed by atoms with E-state index in [1.165, 1.54) is 4.90 Å². The highest BCUT2D eigenvalue weighted by molar-refractivity contribution is 6.33. The molecule has 5 N–H and O–H groups in total. The Morgan fingerprint density at radius 1 is 0.857 bits per heavy atom. The average molecular weight is 785 g/mol. The molecule has 3 aromatic carbocycles. The van der Waals surface area contributed by atoms with Crippen LogP contribution in [0.4, 0.5) is 5.69 Å². The summed E-state index contributed by atoms with van der Waals surface area (Å²) in [6, 6.07) is 20.2. The van der Waals surface area contributed by atoms with Crippen LogP contribution in [0, 0.1) is 0 Å². The lowest BCUT2D eigenvalue weighted by atomic mass is 9.88. The molecule has 4 atom stereocenters. The van der Waals surface area contributed by atoms with Crippen molar-refractivity contribution in [3.05, 3.63) is 101 Å². The van der Waals surface area contributed by atoms with Gasteiger partial charge in [-0.3, -0.25) is 24.0 Å². The van der Waals surface area contributed by atoms with E-state index in [1.54, 1.807) is 18.2 Å². The van der Waals surface area contributed by atoms with Gasteiger partial charge in [-0.15, -0.1) is 0 Å². The van der Waals surface area contributed by atoms with Crippen LogP contribution in [0.1, 0.15) is 85.2 Å². The van der Waals surface area contributed by atoms with Crippen molar-refractivity contribution in [3.63, 3.8) is 0 Å². The van der Waals surface area contributed by atoms with Crippen LogP contribution in [0.5, 0.6) is 0 Å². The predicted octanol–water partition coefficient (Wildman–Crippen LogP) is 4.00. The molecule has 3 saturated heterocycles. The fourth-order valence-electron chi connectivity index (χ4n) is 7.86. The number of carboxylic acid groups (broad SMARTS) is 1. The van der Waals surface area contributed by atoms with Crippen LogP contribution in [-0.4, -0.2) is 95.9 Å². The fraction of sp³-hybridized carbons (Fsp3) is 0.429. The summed E-state index contributed by atoms with van der Waals surface area (Å²) in [6.45, 7) is 2.01. The topological polar surface area (TPSA) is 177 Å². The van der Waals surface area contributed by atoms with Crippen LogP contribution in [-0.2, 0) is 24.0 Å². The van der Waals surface area contributed by atoms with Crippen molar-refractivity contribution < 1.29 is 33.9 Å². The van der Waals surface area contributed by atoms with Gasteiger partial charge in [0.25, 0.3) is 5.91 Å². The first-order valence-corrected chi connectivity index (χ1v) is 19.8. The summed E-state index contributed by atoms with van der Waals surface area (Å²) < 4.78 is 0. The lowest BCUT2D eigenvalue weighted by Crippen LogP contribution is -2.55. The first-order chi connectivity index (χ1) is 27.1. The van der Waals surface area contributed by atoms with E-state index in [1.807, 2.05) is 60.7 Å². The third-order valence-electron chi connectivity index (χ3n) is 10.8. The highest BCUT2D eigenvalue weighted by Crippen LogP contribution is 2.31. The molecule has 3 aromatic rings. The number of aliphatic carboxylic acids is 1. The maximum absolute atomic E-state index is 14.5. The number of rotatable bonds is 9. The Bertz CT molecular complexity index is 1850. The van der Waals surface area contributed by atoms with E-state index in [0.717, 1.165) is 42.7 Å². The number of benzene rings is 3. The summed E-state index contributed by atoms with van der Waals surface area (Å²) in [7, 11) is 0. The van der Waals surface area contributed by atoms with Crippen molar-refractivity contribution in [1.29, 1.82) is 0 Å². The van der Waals surface area contributed by atoms with Crippen LogP contribution in [0.25, 0.3) is 0 Å². The number of nitrogens with one attached hydrogen (secondary N) is 4. The molecule has 14 heteroatoms. The van der Waals surface area contributed by atoms with Gasteiger partial charge in [0.05, 0.1) is 10.7 Å². The molecule has 5 amide bonds. The van der Waals surface area contributed by atoms with E-state index in [4.69, 9.17) is 11.6 Å². The highest BCUT2D eigenvalue weighted by Gasteiger charge is 2.43. The standard InChI is InChI=1S/C42H49ClN6O7/c43-32-23-29(16-18-35(32)48-21-9-10-22-48)39(52)46-33-15-7-8-20-44-37(50)19-17-34(42(55)56)47-40(53)36-24-30(26-49(36)41(33)54)45-38(51)25-31(27-11-3-1-4-12-27)28-13-5-2-6-14-28/h1-6,11-14,16,18,23,30-31,33-34,36H,7-10,15,17,19-22,24-26H2,(H,44,50)(H,45,51)(H,46,52)(H,47,53)(H,55,56)/t30-,33+,34+,36+/m1/s1. The van der Waals surface area contributed by atoms with Gasteiger partial charge in [-0.1, -0.05) is 72.3 Å². The summed E-state index contributed by atoms with van der Waals surface area (Å²) in [5.41, 5.74) is 3.03. The number of carboxylic acids is 1. The van der Waals surface area contributed by atoms with Crippen LogP contribution < -0.4 is 26.2 Å². The monoisotopic (exact) mass is 784 g/mol. The van der Waals surface area contributed by atoms with E-state index in [-0.39, 0.29) is 61.9 Å². The second-order valence-corrected chi connectivity index (χ2v) is 15.2. The molecule has 0 aromatic heterocycles. The summed E-state index contributed by atoms with van der Waals surface area (Å²) in [5.74, 6) is -3.98. The Hall–Kier alpha value is -5.43. The number of carbonyl (C=O) groups is 6. The van der Waals surface area contributed by atoms with E-state index in [2.05, 4.69) is 26.2 Å². The molecule has 13 nitrogen and oxygen atoms in total. The first-order valence-electron chi connectivity index (χ1n) is 19.4. The molecule has 0 bridgehead atoms. The summed E-state index contributed by atoms with van der Waals surface area (Å²) in [6.07, 6.45) is 3.13. The van der Waals surface area contributed by atoms with Gasteiger partial charge < -0.3 is 36.2 Å². The Balaban J connectivity index is 1.24. The molecular weight excluding hydrogens is 736 g/mol. The van der Waals surface area contributed by atoms with Crippen molar-refractivity contribution in [3.8, 4) is 0 Å². The van der Waals surface area contributed by atoms with Crippen molar-refractivity contribution in [2.24, 2.45) is 0 Å². The first kappa shape index (κ1) is 40.2. The van der Waals surface area contributed by atoms with Gasteiger partial charge in [0.15, 0.2) is 0 Å². The van der Waals surface area contributed by atoms with Crippen molar-refractivity contribution in [2.45, 2.75) is 87.9 Å². The van der Waals surface area contributed by atoms with Crippen LogP contribution >= 0.6 is 11.6 Å². The minimum absolute atomic E-state index is 0.0196. The third kappa shape index (κ3) is 10.2. The Labute approximate surface area is 331 Å². The number of halogens is 1. The van der Waals surface area contributed by atoms with E-state index < -0.39 is 47.9 Å². The molecule has 0 spiro atoms. The molecule has 0 unspecified atom stereocenters. The van der Waals surface area contributed by atoms with Gasteiger partial charge in [0.2, 0.25) is 23.6 Å². The Kier molecular flexibility index (Phi) is 13.6. The van der Waals surface area contributed by atoms with Gasteiger partial charge >= 0.3 is 5.97 Å². The van der Waals surface area contributed by atoms with Gasteiger partial charge in [0.1, 0.15) is 18.1 Å². The zero-order chi connectivity index (χ0) is 39.6. The Morgan fingerprint density at radius 2 is 1.54 bits per heavy atom. The second kappa shape index (κ2) is 18.9. The zero-order valence-electron chi connectivity index (χ0n) is 31.3. The van der Waals surface area contributed by atoms with Crippen LogP contribution in [0.15, 0.2) is 78.9 Å². The largest absolute Gasteiger partial charge is 0.480 e. The van der Waals surface area contributed by atoms with Crippen LogP contribution in [0.3, 0.4) is 0 Å². The van der Waals surface area contributed by atoms with Crippen LogP contribution in [0.2, 0.25) is 5.02 Å². The van der Waals surface area contributed by atoms with Gasteiger partial charge in [-0.2, -0.15) is 0 Å². The summed E-state index contributed by atoms with van der Waals surface area (Å²) in [5, 5.41) is 21.6. The summed E-state index contributed by atoms with van der Waals surface area (Å²) >= 11 is 6.63. The van der Waals surface area contributed by atoms with Gasteiger partial charge in [-0.05, 0) is 74.3 Å². The van der Waals surface area contributed by atoms with Gasteiger partial charge in [-0.25, -0.2) is 4.79 Å². The third-order valence-corrected chi connectivity index (χ3v) is 11.1. The normalized spacial score (nSPS) is 22.4. The van der Waals surface area contributed by atoms with E-state index >= 15 is 0 Å². The van der Waals surface area contributed by atoms with Crippen molar-refractivity contribution in [2.75, 3.05) is 31.1 Å². The quantitative estimate of drug-likeness (QED) is 0.216. The molecule has 6 rings (SSSR count). The molecule has 3 heterocycles. The molecule has 0 saturated carbocycles. The predicted molar refractivity (Wildman–Crippen MR) is 211 cm³/mol.